The van der Waals surface area contributed by atoms with Crippen molar-refractivity contribution < 1.29 is 0 Å². The molecule has 0 radical (unpaired) electrons. The zero-order valence-corrected chi connectivity index (χ0v) is 8.88. The van der Waals surface area contributed by atoms with Crippen LogP contribution in [0.5, 0.6) is 0 Å². The van der Waals surface area contributed by atoms with Crippen LogP contribution in [0.25, 0.3) is 10.9 Å². The molecule has 1 nitrogen and oxygen atoms in total. The number of nitrogens with one attached hydrogen (secondary N) is 1. The molecule has 1 N–H and O–H groups in total. The SMILES string of the molecule is CCCC(C)c1c[nH]c2ccccc12. The first-order valence-electron chi connectivity index (χ1n) is 5.39. The Hall–Kier alpha value is -1.24. The number of para-hydroxylation sites is 1. The lowest BCUT2D eigenvalue weighted by atomic mass is 9.96. The minimum absolute atomic E-state index is 0.663. The van der Waals surface area contributed by atoms with E-state index in [4.69, 9.17) is 0 Å². The molecule has 0 aliphatic heterocycles. The molecule has 1 aromatic heterocycles. The highest BCUT2D eigenvalue weighted by Gasteiger charge is 2.09. The zero-order valence-electron chi connectivity index (χ0n) is 8.88. The summed E-state index contributed by atoms with van der Waals surface area (Å²) < 4.78 is 0. The molecule has 1 aromatic carbocycles. The van der Waals surface area contributed by atoms with E-state index in [2.05, 4.69) is 49.3 Å². The Morgan fingerprint density at radius 1 is 1.29 bits per heavy atom. The van der Waals surface area contributed by atoms with Gasteiger partial charge in [-0.15, -0.1) is 0 Å². The van der Waals surface area contributed by atoms with Crippen LogP contribution in [0.2, 0.25) is 0 Å². The van der Waals surface area contributed by atoms with Crippen LogP contribution < -0.4 is 0 Å². The Labute approximate surface area is 85.1 Å². The van der Waals surface area contributed by atoms with E-state index in [1.165, 1.54) is 29.3 Å². The van der Waals surface area contributed by atoms with E-state index in [0.29, 0.717) is 5.92 Å². The first-order chi connectivity index (χ1) is 6.83. The van der Waals surface area contributed by atoms with Crippen molar-refractivity contribution in [3.05, 3.63) is 36.0 Å². The highest BCUT2D eigenvalue weighted by molar-refractivity contribution is 5.83. The molecule has 0 saturated carbocycles. The first-order valence-corrected chi connectivity index (χ1v) is 5.39. The van der Waals surface area contributed by atoms with Gasteiger partial charge in [-0.05, 0) is 24.0 Å². The van der Waals surface area contributed by atoms with Crippen molar-refractivity contribution in [1.82, 2.24) is 4.98 Å². The van der Waals surface area contributed by atoms with Gasteiger partial charge in [-0.25, -0.2) is 0 Å². The summed E-state index contributed by atoms with van der Waals surface area (Å²) in [5, 5.41) is 1.38. The quantitative estimate of drug-likeness (QED) is 0.745. The number of fused-ring (bicyclic) bond motifs is 1. The van der Waals surface area contributed by atoms with Crippen molar-refractivity contribution in [3.63, 3.8) is 0 Å². The molecule has 0 fully saturated rings. The van der Waals surface area contributed by atoms with E-state index in [-0.39, 0.29) is 0 Å². The lowest BCUT2D eigenvalue weighted by Crippen LogP contribution is -1.90. The number of hydrogen-bond acceptors (Lipinski definition) is 0. The van der Waals surface area contributed by atoms with Crippen molar-refractivity contribution in [2.45, 2.75) is 32.6 Å². The van der Waals surface area contributed by atoms with Crippen molar-refractivity contribution in [2.75, 3.05) is 0 Å². The van der Waals surface area contributed by atoms with E-state index in [1.807, 2.05) is 0 Å². The van der Waals surface area contributed by atoms with E-state index in [1.54, 1.807) is 0 Å². The summed E-state index contributed by atoms with van der Waals surface area (Å²) in [7, 11) is 0. The summed E-state index contributed by atoms with van der Waals surface area (Å²) in [6.45, 7) is 4.55. The predicted molar refractivity (Wildman–Crippen MR) is 61.6 cm³/mol. The average Bonchev–Trinajstić information content (AvgIpc) is 2.61. The van der Waals surface area contributed by atoms with Crippen LogP contribution in [-0.2, 0) is 0 Å². The largest absolute Gasteiger partial charge is 0.361 e. The zero-order chi connectivity index (χ0) is 9.97. The van der Waals surface area contributed by atoms with Crippen LogP contribution in [-0.4, -0.2) is 4.98 Å². The van der Waals surface area contributed by atoms with Gasteiger partial charge in [0.1, 0.15) is 0 Å². The molecule has 2 rings (SSSR count). The van der Waals surface area contributed by atoms with Crippen molar-refractivity contribution in [3.8, 4) is 0 Å². The Bertz CT molecular complexity index is 414. The fourth-order valence-corrected chi connectivity index (χ4v) is 2.09. The summed E-state index contributed by atoms with van der Waals surface area (Å²) in [6, 6.07) is 8.52. The molecular formula is C13H17N. The Morgan fingerprint density at radius 2 is 2.07 bits per heavy atom. The number of rotatable bonds is 3. The molecule has 1 heterocycles. The summed E-state index contributed by atoms with van der Waals surface area (Å²) in [6.07, 6.45) is 4.67. The molecule has 0 aliphatic carbocycles. The minimum Gasteiger partial charge on any atom is -0.361 e. The molecule has 0 bridgehead atoms. The second-order valence-corrected chi connectivity index (χ2v) is 3.98. The predicted octanol–water partition coefficient (Wildman–Crippen LogP) is 4.07. The van der Waals surface area contributed by atoms with Gasteiger partial charge in [-0.1, -0.05) is 38.5 Å². The first kappa shape index (κ1) is 9.32. The van der Waals surface area contributed by atoms with Gasteiger partial charge in [-0.2, -0.15) is 0 Å². The van der Waals surface area contributed by atoms with E-state index in [9.17, 15) is 0 Å². The highest BCUT2D eigenvalue weighted by atomic mass is 14.7. The second kappa shape index (κ2) is 3.87. The van der Waals surface area contributed by atoms with Crippen molar-refractivity contribution >= 4 is 10.9 Å². The normalized spacial score (nSPS) is 13.3. The number of aromatic nitrogens is 1. The molecule has 1 heteroatoms. The van der Waals surface area contributed by atoms with Crippen LogP contribution in [0.15, 0.2) is 30.5 Å². The molecule has 0 amide bonds. The molecule has 1 unspecified atom stereocenters. The van der Waals surface area contributed by atoms with Gasteiger partial charge < -0.3 is 4.98 Å². The maximum Gasteiger partial charge on any atom is 0.0456 e. The Kier molecular flexibility index (Phi) is 2.58. The second-order valence-electron chi connectivity index (χ2n) is 3.98. The van der Waals surface area contributed by atoms with Crippen molar-refractivity contribution in [1.29, 1.82) is 0 Å². The molecule has 14 heavy (non-hydrogen) atoms. The molecule has 74 valence electrons. The molecule has 0 aliphatic rings. The van der Waals surface area contributed by atoms with E-state index >= 15 is 0 Å². The van der Waals surface area contributed by atoms with Crippen LogP contribution in [0.4, 0.5) is 0 Å². The third kappa shape index (κ3) is 1.54. The van der Waals surface area contributed by atoms with Gasteiger partial charge in [-0.3, -0.25) is 0 Å². The number of aromatic amines is 1. The number of hydrogen-bond donors (Lipinski definition) is 1. The summed E-state index contributed by atoms with van der Waals surface area (Å²) in [4.78, 5) is 3.33. The van der Waals surface area contributed by atoms with Gasteiger partial charge in [0.15, 0.2) is 0 Å². The summed E-state index contributed by atoms with van der Waals surface area (Å²) in [5.74, 6) is 0.663. The summed E-state index contributed by atoms with van der Waals surface area (Å²) >= 11 is 0. The standard InChI is InChI=1S/C13H17N/c1-3-6-10(2)12-9-14-13-8-5-4-7-11(12)13/h4-5,7-10,14H,3,6H2,1-2H3. The summed E-state index contributed by atoms with van der Waals surface area (Å²) in [5.41, 5.74) is 2.72. The molecule has 2 aromatic rings. The third-order valence-electron chi connectivity index (χ3n) is 2.87. The van der Waals surface area contributed by atoms with Gasteiger partial charge >= 0.3 is 0 Å². The molecular weight excluding hydrogens is 170 g/mol. The van der Waals surface area contributed by atoms with Gasteiger partial charge in [0.2, 0.25) is 0 Å². The van der Waals surface area contributed by atoms with Crippen LogP contribution in [0.1, 0.15) is 38.2 Å². The lowest BCUT2D eigenvalue weighted by molar-refractivity contribution is 0.669. The van der Waals surface area contributed by atoms with Crippen LogP contribution in [0, 0.1) is 0 Å². The van der Waals surface area contributed by atoms with E-state index in [0.717, 1.165) is 0 Å². The van der Waals surface area contributed by atoms with Crippen molar-refractivity contribution in [2.24, 2.45) is 0 Å². The smallest absolute Gasteiger partial charge is 0.0456 e. The fraction of sp³-hybridized carbons (Fsp3) is 0.385. The minimum atomic E-state index is 0.663. The Balaban J connectivity index is 2.42. The maximum atomic E-state index is 3.33. The topological polar surface area (TPSA) is 15.8 Å². The molecule has 1 atom stereocenters. The van der Waals surface area contributed by atoms with Gasteiger partial charge in [0, 0.05) is 17.1 Å². The monoisotopic (exact) mass is 187 g/mol. The average molecular weight is 187 g/mol. The van der Waals surface area contributed by atoms with Gasteiger partial charge in [0.25, 0.3) is 0 Å². The number of benzene rings is 1. The van der Waals surface area contributed by atoms with Crippen LogP contribution >= 0.6 is 0 Å². The maximum absolute atomic E-state index is 3.33. The highest BCUT2D eigenvalue weighted by Crippen LogP contribution is 2.27. The molecule has 0 saturated heterocycles. The third-order valence-corrected chi connectivity index (χ3v) is 2.87. The number of H-pyrrole nitrogens is 1. The Morgan fingerprint density at radius 3 is 2.86 bits per heavy atom. The van der Waals surface area contributed by atoms with Crippen LogP contribution in [0.3, 0.4) is 0 Å². The van der Waals surface area contributed by atoms with Gasteiger partial charge in [0.05, 0.1) is 0 Å². The lowest BCUT2D eigenvalue weighted by Gasteiger charge is -2.08. The fourth-order valence-electron chi connectivity index (χ4n) is 2.09. The van der Waals surface area contributed by atoms with E-state index < -0.39 is 0 Å². The molecule has 0 spiro atoms.